The number of hydrogen-bond acceptors (Lipinski definition) is 3. The van der Waals surface area contributed by atoms with Crippen molar-refractivity contribution in [2.24, 2.45) is 5.73 Å². The van der Waals surface area contributed by atoms with E-state index in [1.165, 1.54) is 19.0 Å². The van der Waals surface area contributed by atoms with Crippen LogP contribution in [-0.2, 0) is 0 Å². The maximum Gasteiger partial charge on any atom is 0.410 e. The second kappa shape index (κ2) is 8.04. The molecule has 1 aromatic heterocycles. The van der Waals surface area contributed by atoms with E-state index in [2.05, 4.69) is 23.6 Å². The lowest BCUT2D eigenvalue weighted by molar-refractivity contribution is 0.210. The molecule has 4 nitrogen and oxygen atoms in total. The molecule has 0 spiro atoms. The van der Waals surface area contributed by atoms with Crippen molar-refractivity contribution < 1.29 is 9.53 Å². The number of ether oxygens (including phenoxy) is 1. The first kappa shape index (κ1) is 12.4. The quantitative estimate of drug-likeness (QED) is 0.789. The Bertz CT molecular complexity index is 248. The van der Waals surface area contributed by atoms with E-state index in [0.717, 1.165) is 0 Å². The third-order valence-corrected chi connectivity index (χ3v) is 1.35. The van der Waals surface area contributed by atoms with Crippen LogP contribution in [0.2, 0.25) is 0 Å². The topological polar surface area (TPSA) is 65.2 Å². The molecule has 0 bridgehead atoms. The lowest BCUT2D eigenvalue weighted by Gasteiger charge is -1.96. The van der Waals surface area contributed by atoms with Crippen LogP contribution in [0.25, 0.3) is 0 Å². The monoisotopic (exact) mass is 196 g/mol. The van der Waals surface area contributed by atoms with Crippen molar-refractivity contribution in [1.29, 1.82) is 0 Å². The summed E-state index contributed by atoms with van der Waals surface area (Å²) in [6.07, 6.45) is 4.80. The Morgan fingerprint density at radius 1 is 1.50 bits per heavy atom. The zero-order valence-electron chi connectivity index (χ0n) is 8.56. The van der Waals surface area contributed by atoms with Crippen LogP contribution >= 0.6 is 0 Å². The van der Waals surface area contributed by atoms with Gasteiger partial charge in [-0.25, -0.2) is 4.79 Å². The predicted octanol–water partition coefficient (Wildman–Crippen LogP) is 2.35. The van der Waals surface area contributed by atoms with Gasteiger partial charge in [0.1, 0.15) is 0 Å². The maximum absolute atomic E-state index is 10.1. The van der Waals surface area contributed by atoms with E-state index in [-0.39, 0.29) is 0 Å². The van der Waals surface area contributed by atoms with Gasteiger partial charge in [0.05, 0.1) is 6.20 Å². The average Bonchev–Trinajstić information content (AvgIpc) is 2.19. The van der Waals surface area contributed by atoms with Crippen LogP contribution in [0.4, 0.5) is 4.79 Å². The van der Waals surface area contributed by atoms with Crippen LogP contribution in [-0.4, -0.2) is 11.1 Å². The molecular weight excluding hydrogens is 180 g/mol. The van der Waals surface area contributed by atoms with Crippen LogP contribution in [0.15, 0.2) is 24.5 Å². The van der Waals surface area contributed by atoms with Crippen molar-refractivity contribution >= 4 is 6.09 Å². The van der Waals surface area contributed by atoms with Gasteiger partial charge in [0.15, 0.2) is 5.75 Å². The van der Waals surface area contributed by atoms with Crippen molar-refractivity contribution in [3.05, 3.63) is 24.5 Å². The maximum atomic E-state index is 10.1. The average molecular weight is 196 g/mol. The highest BCUT2D eigenvalue weighted by atomic mass is 16.5. The molecule has 0 fully saturated rings. The molecule has 1 aromatic rings. The fourth-order valence-electron chi connectivity index (χ4n) is 0.524. The molecule has 14 heavy (non-hydrogen) atoms. The number of amides is 1. The zero-order chi connectivity index (χ0) is 10.8. The summed E-state index contributed by atoms with van der Waals surface area (Å²) < 4.78 is 4.49. The number of carbonyl (C=O) groups excluding carboxylic acids is 1. The Kier molecular flexibility index (Phi) is 7.13. The number of hydrogen-bond donors (Lipinski definition) is 1. The number of carbonyl (C=O) groups is 1. The highest BCUT2D eigenvalue weighted by Crippen LogP contribution is 2.04. The third kappa shape index (κ3) is 7.09. The SMILES string of the molecule is CCCC.NC(=O)Oc1cccnc1. The van der Waals surface area contributed by atoms with Crippen LogP contribution in [0.1, 0.15) is 26.7 Å². The fraction of sp³-hybridized carbons (Fsp3) is 0.400. The number of aromatic nitrogens is 1. The second-order valence-corrected chi connectivity index (χ2v) is 2.61. The fourth-order valence-corrected chi connectivity index (χ4v) is 0.524. The largest absolute Gasteiger partial charge is 0.410 e. The van der Waals surface area contributed by atoms with Gasteiger partial charge in [-0.1, -0.05) is 26.7 Å². The molecule has 0 aliphatic rings. The van der Waals surface area contributed by atoms with Gasteiger partial charge in [-0.2, -0.15) is 0 Å². The minimum atomic E-state index is -0.826. The molecule has 1 amide bonds. The predicted molar refractivity (Wildman–Crippen MR) is 55.0 cm³/mol. The van der Waals surface area contributed by atoms with Gasteiger partial charge in [0.25, 0.3) is 0 Å². The Labute approximate surface area is 84.1 Å². The minimum absolute atomic E-state index is 0.356. The number of rotatable bonds is 2. The standard InChI is InChI=1S/C6H6N2O2.C4H10/c7-6(9)10-5-2-1-3-8-4-5;1-3-4-2/h1-4H,(H2,7,9);3-4H2,1-2H3. The van der Waals surface area contributed by atoms with Gasteiger partial charge in [0, 0.05) is 6.20 Å². The first-order chi connectivity index (χ1) is 6.70. The number of pyridine rings is 1. The summed E-state index contributed by atoms with van der Waals surface area (Å²) in [6.45, 7) is 4.36. The molecule has 0 aliphatic heterocycles. The summed E-state index contributed by atoms with van der Waals surface area (Å²) in [5.41, 5.74) is 4.74. The van der Waals surface area contributed by atoms with Gasteiger partial charge in [-0.15, -0.1) is 0 Å². The smallest absolute Gasteiger partial charge is 0.409 e. The van der Waals surface area contributed by atoms with Crippen molar-refractivity contribution in [2.45, 2.75) is 26.7 Å². The summed E-state index contributed by atoms with van der Waals surface area (Å²) in [7, 11) is 0. The van der Waals surface area contributed by atoms with E-state index in [0.29, 0.717) is 5.75 Å². The zero-order valence-corrected chi connectivity index (χ0v) is 8.56. The van der Waals surface area contributed by atoms with E-state index in [1.54, 1.807) is 18.3 Å². The lowest BCUT2D eigenvalue weighted by Crippen LogP contribution is -2.16. The molecule has 1 rings (SSSR count). The second-order valence-electron chi connectivity index (χ2n) is 2.61. The van der Waals surface area contributed by atoms with Crippen molar-refractivity contribution in [2.75, 3.05) is 0 Å². The van der Waals surface area contributed by atoms with Gasteiger partial charge in [-0.05, 0) is 12.1 Å². The molecule has 0 saturated heterocycles. The van der Waals surface area contributed by atoms with Crippen molar-refractivity contribution in [1.82, 2.24) is 4.98 Å². The molecular formula is C10H16N2O2. The van der Waals surface area contributed by atoms with Gasteiger partial charge in [0.2, 0.25) is 0 Å². The molecule has 0 radical (unpaired) electrons. The van der Waals surface area contributed by atoms with E-state index in [4.69, 9.17) is 5.73 Å². The Hall–Kier alpha value is -1.58. The summed E-state index contributed by atoms with van der Waals surface area (Å²) in [6, 6.07) is 3.25. The van der Waals surface area contributed by atoms with Gasteiger partial charge in [-0.3, -0.25) is 4.98 Å². The molecule has 0 unspecified atom stereocenters. The molecule has 0 atom stereocenters. The molecule has 0 saturated carbocycles. The molecule has 1 heterocycles. The van der Waals surface area contributed by atoms with E-state index < -0.39 is 6.09 Å². The van der Waals surface area contributed by atoms with Crippen LogP contribution in [0.5, 0.6) is 5.75 Å². The first-order valence-corrected chi connectivity index (χ1v) is 4.58. The lowest BCUT2D eigenvalue weighted by atomic mass is 10.4. The van der Waals surface area contributed by atoms with Crippen LogP contribution < -0.4 is 10.5 Å². The third-order valence-electron chi connectivity index (χ3n) is 1.35. The minimum Gasteiger partial charge on any atom is -0.409 e. The van der Waals surface area contributed by atoms with Crippen molar-refractivity contribution in [3.8, 4) is 5.75 Å². The number of nitrogens with two attached hydrogens (primary N) is 1. The highest BCUT2D eigenvalue weighted by Gasteiger charge is 1.94. The number of primary amides is 1. The van der Waals surface area contributed by atoms with E-state index in [9.17, 15) is 4.79 Å². The Balaban J connectivity index is 0.000000364. The summed E-state index contributed by atoms with van der Waals surface area (Å²) in [4.78, 5) is 13.8. The molecule has 2 N–H and O–H groups in total. The molecule has 0 aliphatic carbocycles. The van der Waals surface area contributed by atoms with Crippen LogP contribution in [0.3, 0.4) is 0 Å². The van der Waals surface area contributed by atoms with E-state index in [1.807, 2.05) is 0 Å². The summed E-state index contributed by atoms with van der Waals surface area (Å²) >= 11 is 0. The van der Waals surface area contributed by atoms with E-state index >= 15 is 0 Å². The Morgan fingerprint density at radius 2 is 2.14 bits per heavy atom. The van der Waals surface area contributed by atoms with Gasteiger partial charge < -0.3 is 10.5 Å². The summed E-state index contributed by atoms with van der Waals surface area (Å²) in [5, 5.41) is 0. The molecule has 78 valence electrons. The number of unbranched alkanes of at least 4 members (excludes halogenated alkanes) is 1. The number of nitrogens with zero attached hydrogens (tertiary/aromatic N) is 1. The highest BCUT2D eigenvalue weighted by molar-refractivity contribution is 5.67. The Morgan fingerprint density at radius 3 is 2.50 bits per heavy atom. The van der Waals surface area contributed by atoms with Gasteiger partial charge >= 0.3 is 6.09 Å². The normalized spacial score (nSPS) is 8.43. The first-order valence-electron chi connectivity index (χ1n) is 4.58. The molecule has 4 heteroatoms. The van der Waals surface area contributed by atoms with Crippen molar-refractivity contribution in [3.63, 3.8) is 0 Å². The summed E-state index contributed by atoms with van der Waals surface area (Å²) in [5.74, 6) is 0.356. The molecule has 0 aromatic carbocycles. The van der Waals surface area contributed by atoms with Crippen LogP contribution in [0, 0.1) is 0 Å².